The fraction of sp³-hybridized carbons (Fsp3) is 0.615. The summed E-state index contributed by atoms with van der Waals surface area (Å²) in [6.07, 6.45) is 4.08. The Labute approximate surface area is 113 Å². The maximum atomic E-state index is 5.82. The Morgan fingerprint density at radius 2 is 2.44 bits per heavy atom. The minimum Gasteiger partial charge on any atom is -0.383 e. The Kier molecular flexibility index (Phi) is 5.23. The van der Waals surface area contributed by atoms with Gasteiger partial charge in [0.2, 0.25) is 0 Å². The largest absolute Gasteiger partial charge is 0.383 e. The number of anilines is 1. The molecule has 0 amide bonds. The van der Waals surface area contributed by atoms with E-state index < -0.39 is 0 Å². The van der Waals surface area contributed by atoms with Gasteiger partial charge in [0.05, 0.1) is 11.6 Å². The highest BCUT2D eigenvalue weighted by Crippen LogP contribution is 2.16. The average Bonchev–Trinajstić information content (AvgIpc) is 2.40. The summed E-state index contributed by atoms with van der Waals surface area (Å²) in [6.45, 7) is 4.01. The van der Waals surface area contributed by atoms with Crippen LogP contribution in [0.1, 0.15) is 12.8 Å². The lowest BCUT2D eigenvalue weighted by atomic mass is 10.1. The Bertz CT molecular complexity index is 358. The first-order chi connectivity index (χ1) is 8.78. The molecule has 0 spiro atoms. The van der Waals surface area contributed by atoms with E-state index >= 15 is 0 Å². The normalized spacial score (nSPS) is 20.9. The van der Waals surface area contributed by atoms with Crippen molar-refractivity contribution >= 4 is 17.4 Å². The van der Waals surface area contributed by atoms with Crippen molar-refractivity contribution in [3.05, 3.63) is 23.4 Å². The number of hydrogen-bond donors (Lipinski definition) is 1. The number of aromatic nitrogens is 1. The third kappa shape index (κ3) is 4.12. The van der Waals surface area contributed by atoms with E-state index in [-0.39, 0.29) is 0 Å². The monoisotopic (exact) mass is 269 g/mol. The smallest absolute Gasteiger partial charge is 0.126 e. The first-order valence-corrected chi connectivity index (χ1v) is 6.75. The first kappa shape index (κ1) is 13.6. The minimum absolute atomic E-state index is 0.462. The molecule has 100 valence electrons. The fourth-order valence-corrected chi connectivity index (χ4v) is 2.38. The van der Waals surface area contributed by atoms with Crippen LogP contribution < -0.4 is 5.32 Å². The molecule has 5 heteroatoms. The van der Waals surface area contributed by atoms with Gasteiger partial charge in [-0.1, -0.05) is 11.6 Å². The molecule has 1 fully saturated rings. The predicted molar refractivity (Wildman–Crippen MR) is 74.2 cm³/mol. The van der Waals surface area contributed by atoms with Crippen molar-refractivity contribution in [3.63, 3.8) is 0 Å². The quantitative estimate of drug-likeness (QED) is 0.890. The van der Waals surface area contributed by atoms with Gasteiger partial charge in [-0.15, -0.1) is 0 Å². The Morgan fingerprint density at radius 1 is 1.56 bits per heavy atom. The van der Waals surface area contributed by atoms with Crippen molar-refractivity contribution in [1.29, 1.82) is 0 Å². The lowest BCUT2D eigenvalue weighted by Crippen LogP contribution is -2.43. The number of piperidine rings is 1. The van der Waals surface area contributed by atoms with Crippen LogP contribution in [0.5, 0.6) is 0 Å². The summed E-state index contributed by atoms with van der Waals surface area (Å²) >= 11 is 5.82. The molecule has 1 aliphatic heterocycles. The summed E-state index contributed by atoms with van der Waals surface area (Å²) in [6, 6.07) is 4.25. The van der Waals surface area contributed by atoms with Gasteiger partial charge in [-0.2, -0.15) is 0 Å². The molecule has 4 nitrogen and oxygen atoms in total. The van der Waals surface area contributed by atoms with Crippen LogP contribution in [0.25, 0.3) is 0 Å². The van der Waals surface area contributed by atoms with Crippen LogP contribution in [0, 0.1) is 0 Å². The third-order valence-corrected chi connectivity index (χ3v) is 3.42. The van der Waals surface area contributed by atoms with Crippen LogP contribution in [0.2, 0.25) is 5.02 Å². The topological polar surface area (TPSA) is 37.4 Å². The molecule has 1 aliphatic rings. The number of likely N-dealkylation sites (tertiary alicyclic amines) is 1. The molecular formula is C13H20ClN3O. The summed E-state index contributed by atoms with van der Waals surface area (Å²) in [5.41, 5.74) is 0. The van der Waals surface area contributed by atoms with Crippen LogP contribution in [-0.2, 0) is 4.74 Å². The van der Waals surface area contributed by atoms with Crippen molar-refractivity contribution in [3.8, 4) is 0 Å². The van der Waals surface area contributed by atoms with Gasteiger partial charge in [0.1, 0.15) is 5.82 Å². The van der Waals surface area contributed by atoms with Crippen LogP contribution in [0.15, 0.2) is 18.3 Å². The highest BCUT2D eigenvalue weighted by molar-refractivity contribution is 6.30. The average molecular weight is 270 g/mol. The van der Waals surface area contributed by atoms with E-state index in [0.717, 1.165) is 32.1 Å². The van der Waals surface area contributed by atoms with Crippen molar-refractivity contribution in [2.75, 3.05) is 38.7 Å². The van der Waals surface area contributed by atoms with E-state index in [0.29, 0.717) is 11.1 Å². The lowest BCUT2D eigenvalue weighted by Gasteiger charge is -2.33. The molecule has 2 rings (SSSR count). The maximum absolute atomic E-state index is 5.82. The summed E-state index contributed by atoms with van der Waals surface area (Å²) in [5, 5.41) is 4.13. The molecular weight excluding hydrogens is 250 g/mol. The van der Waals surface area contributed by atoms with Crippen molar-refractivity contribution in [2.45, 2.75) is 18.9 Å². The molecule has 0 saturated carbocycles. The molecule has 1 aromatic rings. The van der Waals surface area contributed by atoms with E-state index in [1.54, 1.807) is 13.3 Å². The number of rotatable bonds is 5. The number of pyridine rings is 1. The second kappa shape index (κ2) is 6.92. The van der Waals surface area contributed by atoms with E-state index in [1.807, 2.05) is 12.1 Å². The van der Waals surface area contributed by atoms with Crippen molar-refractivity contribution in [2.24, 2.45) is 0 Å². The summed E-state index contributed by atoms with van der Waals surface area (Å²) < 4.78 is 5.12. The summed E-state index contributed by atoms with van der Waals surface area (Å²) in [7, 11) is 1.75. The van der Waals surface area contributed by atoms with Gasteiger partial charge in [0.15, 0.2) is 0 Å². The molecule has 1 N–H and O–H groups in total. The van der Waals surface area contributed by atoms with Gasteiger partial charge in [-0.3, -0.25) is 4.90 Å². The standard InChI is InChI=1S/C13H20ClN3O/c1-18-8-7-17-6-2-3-12(10-17)16-13-5-4-11(14)9-15-13/h4-5,9,12H,2-3,6-8,10H2,1H3,(H,15,16). The molecule has 2 heterocycles. The summed E-state index contributed by atoms with van der Waals surface area (Å²) in [5.74, 6) is 0.901. The highest BCUT2D eigenvalue weighted by Gasteiger charge is 2.19. The lowest BCUT2D eigenvalue weighted by molar-refractivity contribution is 0.131. The number of nitrogens with zero attached hydrogens (tertiary/aromatic N) is 2. The number of halogens is 1. The number of nitrogens with one attached hydrogen (secondary N) is 1. The Hall–Kier alpha value is -0.840. The van der Waals surface area contributed by atoms with Crippen LogP contribution in [-0.4, -0.2) is 49.3 Å². The van der Waals surface area contributed by atoms with Crippen LogP contribution in [0.4, 0.5) is 5.82 Å². The molecule has 0 aliphatic carbocycles. The molecule has 1 atom stereocenters. The zero-order valence-electron chi connectivity index (χ0n) is 10.7. The molecule has 0 bridgehead atoms. The van der Waals surface area contributed by atoms with E-state index in [1.165, 1.54) is 12.8 Å². The van der Waals surface area contributed by atoms with Crippen molar-refractivity contribution < 1.29 is 4.74 Å². The second-order valence-electron chi connectivity index (χ2n) is 4.64. The number of hydrogen-bond acceptors (Lipinski definition) is 4. The van der Waals surface area contributed by atoms with Gasteiger partial charge in [0, 0.05) is 32.4 Å². The predicted octanol–water partition coefficient (Wildman–Crippen LogP) is 2.26. The van der Waals surface area contributed by atoms with Gasteiger partial charge in [-0.25, -0.2) is 4.98 Å². The second-order valence-corrected chi connectivity index (χ2v) is 5.07. The van der Waals surface area contributed by atoms with Crippen LogP contribution >= 0.6 is 11.6 Å². The van der Waals surface area contributed by atoms with Crippen LogP contribution in [0.3, 0.4) is 0 Å². The maximum Gasteiger partial charge on any atom is 0.126 e. The molecule has 1 saturated heterocycles. The molecule has 1 unspecified atom stereocenters. The Balaban J connectivity index is 1.83. The number of ether oxygens (including phenoxy) is 1. The molecule has 1 aromatic heterocycles. The van der Waals surface area contributed by atoms with Gasteiger partial charge >= 0.3 is 0 Å². The zero-order chi connectivity index (χ0) is 12.8. The summed E-state index contributed by atoms with van der Waals surface area (Å²) in [4.78, 5) is 6.70. The first-order valence-electron chi connectivity index (χ1n) is 6.37. The third-order valence-electron chi connectivity index (χ3n) is 3.20. The number of methoxy groups -OCH3 is 1. The van der Waals surface area contributed by atoms with E-state index in [2.05, 4.69) is 15.2 Å². The molecule has 18 heavy (non-hydrogen) atoms. The minimum atomic E-state index is 0.462. The van der Waals surface area contributed by atoms with E-state index in [9.17, 15) is 0 Å². The van der Waals surface area contributed by atoms with Crippen molar-refractivity contribution in [1.82, 2.24) is 9.88 Å². The van der Waals surface area contributed by atoms with Gasteiger partial charge < -0.3 is 10.1 Å². The molecule has 0 aromatic carbocycles. The SMILES string of the molecule is COCCN1CCCC(Nc2ccc(Cl)cn2)C1. The van der Waals surface area contributed by atoms with E-state index in [4.69, 9.17) is 16.3 Å². The van der Waals surface area contributed by atoms with Gasteiger partial charge in [0.25, 0.3) is 0 Å². The fourth-order valence-electron chi connectivity index (χ4n) is 2.27. The highest BCUT2D eigenvalue weighted by atomic mass is 35.5. The zero-order valence-corrected chi connectivity index (χ0v) is 11.5. The Morgan fingerprint density at radius 3 is 3.17 bits per heavy atom. The van der Waals surface area contributed by atoms with Gasteiger partial charge in [-0.05, 0) is 31.5 Å². The molecule has 0 radical (unpaired) electrons.